The molecule has 0 fully saturated rings. The largest absolute Gasteiger partial charge is 0.507 e. The second kappa shape index (κ2) is 8.79. The summed E-state index contributed by atoms with van der Waals surface area (Å²) in [5, 5.41) is 21.3. The lowest BCUT2D eigenvalue weighted by Crippen LogP contribution is -2.23. The Bertz CT molecular complexity index is 1020. The predicted molar refractivity (Wildman–Crippen MR) is 122 cm³/mol. The van der Waals surface area contributed by atoms with Crippen molar-refractivity contribution < 1.29 is 24.5 Å². The highest BCUT2D eigenvalue weighted by atomic mass is 35.5. The number of hydrogen-bond donors (Lipinski definition) is 3. The third kappa shape index (κ3) is 5.70. The van der Waals surface area contributed by atoms with Crippen molar-refractivity contribution in [3.63, 3.8) is 0 Å². The lowest BCUT2D eigenvalue weighted by molar-refractivity contribution is -0.134. The lowest BCUT2D eigenvalue weighted by Gasteiger charge is -2.30. The van der Waals surface area contributed by atoms with E-state index in [-0.39, 0.29) is 35.6 Å². The molecule has 0 bridgehead atoms. The molecular formula is C24H30ClNO5. The number of halogens is 1. The fraction of sp³-hybridized carbons (Fsp3) is 0.417. The molecule has 0 aliphatic heterocycles. The molecule has 168 valence electrons. The average molecular weight is 448 g/mol. The minimum Gasteiger partial charge on any atom is -0.507 e. The molecule has 0 unspecified atom stereocenters. The first-order chi connectivity index (χ1) is 14.1. The van der Waals surface area contributed by atoms with E-state index in [0.29, 0.717) is 21.7 Å². The van der Waals surface area contributed by atoms with E-state index in [9.17, 15) is 19.8 Å². The molecular weight excluding hydrogens is 418 g/mol. The molecule has 0 atom stereocenters. The molecule has 6 nitrogen and oxygen atoms in total. The van der Waals surface area contributed by atoms with Gasteiger partial charge in [-0.2, -0.15) is 0 Å². The Morgan fingerprint density at radius 1 is 1.06 bits per heavy atom. The number of rotatable bonds is 5. The van der Waals surface area contributed by atoms with Crippen LogP contribution in [-0.2, 0) is 22.0 Å². The second-order valence-corrected chi connectivity index (χ2v) is 10.0. The molecule has 0 spiro atoms. The molecule has 0 aliphatic rings. The molecule has 2 aromatic rings. The van der Waals surface area contributed by atoms with Crippen molar-refractivity contribution >= 4 is 29.2 Å². The highest BCUT2D eigenvalue weighted by Gasteiger charge is 2.32. The molecule has 0 heterocycles. The van der Waals surface area contributed by atoms with Crippen molar-refractivity contribution in [2.45, 2.75) is 65.2 Å². The van der Waals surface area contributed by atoms with Crippen LogP contribution in [0.2, 0.25) is 5.02 Å². The van der Waals surface area contributed by atoms with E-state index in [1.54, 1.807) is 0 Å². The van der Waals surface area contributed by atoms with Crippen LogP contribution in [0.15, 0.2) is 24.3 Å². The third-order valence-electron chi connectivity index (χ3n) is 4.97. The number of aromatic carboxylic acids is 1. The van der Waals surface area contributed by atoms with Crippen LogP contribution < -0.4 is 10.5 Å². The maximum atomic E-state index is 12.4. The van der Waals surface area contributed by atoms with E-state index in [1.165, 1.54) is 24.3 Å². The average Bonchev–Trinajstić information content (AvgIpc) is 2.60. The Hall–Kier alpha value is -2.73. The van der Waals surface area contributed by atoms with Gasteiger partial charge in [0.2, 0.25) is 0 Å². The Morgan fingerprint density at radius 2 is 1.68 bits per heavy atom. The van der Waals surface area contributed by atoms with E-state index < -0.39 is 22.8 Å². The number of esters is 1. The number of hydrogen-bond acceptors (Lipinski definition) is 5. The third-order valence-corrected chi connectivity index (χ3v) is 5.32. The number of carbonyl (C=O) groups is 2. The Morgan fingerprint density at radius 3 is 2.16 bits per heavy atom. The summed E-state index contributed by atoms with van der Waals surface area (Å²) in [7, 11) is 0. The zero-order valence-electron chi connectivity index (χ0n) is 18.8. The number of nitrogens with two attached hydrogens (primary N) is 1. The summed E-state index contributed by atoms with van der Waals surface area (Å²) in [6.07, 6.45) is 0.0360. The summed E-state index contributed by atoms with van der Waals surface area (Å²) in [5.74, 6) is -1.33. The van der Waals surface area contributed by atoms with Crippen molar-refractivity contribution in [3.8, 4) is 11.5 Å². The highest BCUT2D eigenvalue weighted by Crippen LogP contribution is 2.43. The number of nitrogen functional groups attached to an aromatic ring is 1. The van der Waals surface area contributed by atoms with Gasteiger partial charge in [-0.3, -0.25) is 4.79 Å². The standard InChI is InChI=1S/C24H30ClNO5/c1-23(2,3)16-12-15(22(29)30)14(20(21(16)28)24(4,5)6)8-10-19(27)31-13-7-9-17(25)18(26)11-13/h7,9,11-12,28H,8,10,26H2,1-6H3,(H,29,30). The van der Waals surface area contributed by atoms with Crippen molar-refractivity contribution in [2.75, 3.05) is 5.73 Å². The first kappa shape index (κ1) is 24.5. The molecule has 7 heteroatoms. The zero-order chi connectivity index (χ0) is 23.7. The van der Waals surface area contributed by atoms with Gasteiger partial charge in [0.05, 0.1) is 22.7 Å². The van der Waals surface area contributed by atoms with Crippen LogP contribution in [0, 0.1) is 0 Å². The van der Waals surface area contributed by atoms with Crippen LogP contribution in [0.25, 0.3) is 0 Å². The molecule has 31 heavy (non-hydrogen) atoms. The topological polar surface area (TPSA) is 110 Å². The molecule has 2 aromatic carbocycles. The maximum Gasteiger partial charge on any atom is 0.335 e. The maximum absolute atomic E-state index is 12.4. The minimum absolute atomic E-state index is 0.0684. The van der Waals surface area contributed by atoms with Crippen LogP contribution in [0.5, 0.6) is 11.5 Å². The van der Waals surface area contributed by atoms with Crippen molar-refractivity contribution in [1.82, 2.24) is 0 Å². The summed E-state index contributed by atoms with van der Waals surface area (Å²) < 4.78 is 5.32. The number of ether oxygens (including phenoxy) is 1. The number of carboxylic acid groups (broad SMARTS) is 1. The van der Waals surface area contributed by atoms with Crippen LogP contribution in [0.1, 0.15) is 75.0 Å². The summed E-state index contributed by atoms with van der Waals surface area (Å²) in [5.41, 5.74) is 6.61. The number of phenolic OH excluding ortho intramolecular Hbond substituents is 1. The van der Waals surface area contributed by atoms with Gasteiger partial charge >= 0.3 is 11.9 Å². The van der Waals surface area contributed by atoms with E-state index in [4.69, 9.17) is 22.1 Å². The SMILES string of the molecule is CC(C)(C)c1cc(C(=O)O)c(CCC(=O)Oc2ccc(Cl)c(N)c2)c(C(C)(C)C)c1O. The molecule has 4 N–H and O–H groups in total. The Balaban J connectivity index is 2.44. The molecule has 0 aromatic heterocycles. The number of benzene rings is 2. The van der Waals surface area contributed by atoms with E-state index in [0.717, 1.165) is 0 Å². The van der Waals surface area contributed by atoms with Crippen molar-refractivity contribution in [2.24, 2.45) is 0 Å². The summed E-state index contributed by atoms with van der Waals surface area (Å²) in [6, 6.07) is 6.02. The smallest absolute Gasteiger partial charge is 0.335 e. The van der Waals surface area contributed by atoms with Gasteiger partial charge in [0, 0.05) is 17.2 Å². The van der Waals surface area contributed by atoms with Gasteiger partial charge in [-0.1, -0.05) is 53.1 Å². The molecule has 0 saturated carbocycles. The summed E-state index contributed by atoms with van der Waals surface area (Å²) in [4.78, 5) is 24.5. The van der Waals surface area contributed by atoms with E-state index >= 15 is 0 Å². The normalized spacial score (nSPS) is 12.0. The molecule has 0 aliphatic carbocycles. The van der Waals surface area contributed by atoms with Crippen LogP contribution in [-0.4, -0.2) is 22.2 Å². The van der Waals surface area contributed by atoms with Crippen LogP contribution in [0.4, 0.5) is 5.69 Å². The van der Waals surface area contributed by atoms with E-state index in [1.807, 2.05) is 41.5 Å². The fourth-order valence-electron chi connectivity index (χ4n) is 3.54. The second-order valence-electron chi connectivity index (χ2n) is 9.64. The number of carbonyl (C=O) groups excluding carboxylic acids is 1. The van der Waals surface area contributed by atoms with Gasteiger partial charge in [-0.25, -0.2) is 4.79 Å². The molecule has 0 radical (unpaired) electrons. The summed E-state index contributed by atoms with van der Waals surface area (Å²) >= 11 is 5.88. The Kier molecular flexibility index (Phi) is 6.96. The number of aromatic hydroxyl groups is 1. The van der Waals surface area contributed by atoms with Gasteiger partial charge in [0.1, 0.15) is 11.5 Å². The monoisotopic (exact) mass is 447 g/mol. The lowest BCUT2D eigenvalue weighted by atomic mass is 9.75. The highest BCUT2D eigenvalue weighted by molar-refractivity contribution is 6.33. The van der Waals surface area contributed by atoms with E-state index in [2.05, 4.69) is 0 Å². The van der Waals surface area contributed by atoms with Crippen LogP contribution in [0.3, 0.4) is 0 Å². The van der Waals surface area contributed by atoms with Crippen molar-refractivity contribution in [3.05, 3.63) is 51.5 Å². The van der Waals surface area contributed by atoms with Crippen LogP contribution >= 0.6 is 11.6 Å². The number of anilines is 1. The first-order valence-electron chi connectivity index (χ1n) is 10.0. The van der Waals surface area contributed by atoms with Gasteiger partial charge in [-0.15, -0.1) is 0 Å². The first-order valence-corrected chi connectivity index (χ1v) is 10.4. The molecule has 0 amide bonds. The predicted octanol–water partition coefficient (Wildman–Crippen LogP) is 5.46. The summed E-state index contributed by atoms with van der Waals surface area (Å²) in [6.45, 7) is 11.4. The van der Waals surface area contributed by atoms with Gasteiger partial charge in [-0.05, 0) is 41.0 Å². The minimum atomic E-state index is -1.11. The number of phenols is 1. The molecule has 2 rings (SSSR count). The molecule has 0 saturated heterocycles. The van der Waals surface area contributed by atoms with Gasteiger partial charge < -0.3 is 20.7 Å². The fourth-order valence-corrected chi connectivity index (χ4v) is 3.65. The number of carboxylic acids is 1. The van der Waals surface area contributed by atoms with Gasteiger partial charge in [0.25, 0.3) is 0 Å². The zero-order valence-corrected chi connectivity index (χ0v) is 19.6. The Labute approximate surface area is 188 Å². The van der Waals surface area contributed by atoms with Crippen molar-refractivity contribution in [1.29, 1.82) is 0 Å². The quantitative estimate of drug-likeness (QED) is 0.319. The van der Waals surface area contributed by atoms with Gasteiger partial charge in [0.15, 0.2) is 0 Å².